The molecule has 1 aliphatic heterocycles. The van der Waals surface area contributed by atoms with Gasteiger partial charge in [-0.05, 0) is 33.6 Å². The molecule has 1 fully saturated rings. The zero-order valence-electron chi connectivity index (χ0n) is 11.7. The van der Waals surface area contributed by atoms with Crippen molar-refractivity contribution in [3.63, 3.8) is 0 Å². The molecule has 18 heavy (non-hydrogen) atoms. The van der Waals surface area contributed by atoms with E-state index in [1.165, 1.54) is 0 Å². The van der Waals surface area contributed by atoms with Gasteiger partial charge in [-0.25, -0.2) is 4.79 Å². The third-order valence-corrected chi connectivity index (χ3v) is 2.94. The van der Waals surface area contributed by atoms with E-state index >= 15 is 0 Å². The van der Waals surface area contributed by atoms with E-state index < -0.39 is 11.0 Å². The second kappa shape index (κ2) is 5.69. The molecule has 5 heteroatoms. The maximum Gasteiger partial charge on any atom is 0.410 e. The molecule has 0 aromatic heterocycles. The Labute approximate surface area is 108 Å². The summed E-state index contributed by atoms with van der Waals surface area (Å²) in [5, 5.41) is 0. The van der Waals surface area contributed by atoms with Gasteiger partial charge >= 0.3 is 6.09 Å². The normalized spacial score (nSPS) is 24.8. The maximum atomic E-state index is 12.0. The van der Waals surface area contributed by atoms with Crippen LogP contribution in [0.25, 0.3) is 0 Å². The summed E-state index contributed by atoms with van der Waals surface area (Å²) in [7, 11) is 1.57. The first kappa shape index (κ1) is 15.0. The van der Waals surface area contributed by atoms with E-state index in [0.29, 0.717) is 19.7 Å². The van der Waals surface area contributed by atoms with Crippen LogP contribution in [0.4, 0.5) is 4.79 Å². The summed E-state index contributed by atoms with van der Waals surface area (Å²) in [5.74, 6) is 0. The van der Waals surface area contributed by atoms with Crippen LogP contribution in [-0.2, 0) is 14.3 Å². The molecule has 0 radical (unpaired) electrons. The van der Waals surface area contributed by atoms with Crippen molar-refractivity contribution in [3.8, 4) is 0 Å². The van der Waals surface area contributed by atoms with Gasteiger partial charge in [0.05, 0.1) is 12.0 Å². The number of carbonyl (C=O) groups excluding carboxylic acids is 2. The summed E-state index contributed by atoms with van der Waals surface area (Å²) >= 11 is 0. The lowest BCUT2D eigenvalue weighted by atomic mass is 9.82. The maximum absolute atomic E-state index is 12.0. The highest BCUT2D eigenvalue weighted by molar-refractivity contribution is 5.70. The Kier molecular flexibility index (Phi) is 4.73. The molecule has 1 amide bonds. The Morgan fingerprint density at radius 2 is 2.11 bits per heavy atom. The van der Waals surface area contributed by atoms with E-state index in [2.05, 4.69) is 0 Å². The first-order valence-electron chi connectivity index (χ1n) is 6.25. The van der Waals surface area contributed by atoms with Gasteiger partial charge in [-0.2, -0.15) is 0 Å². The highest BCUT2D eigenvalue weighted by Crippen LogP contribution is 2.29. The van der Waals surface area contributed by atoms with Crippen molar-refractivity contribution in [2.24, 2.45) is 5.41 Å². The van der Waals surface area contributed by atoms with Crippen molar-refractivity contribution in [2.75, 3.05) is 26.8 Å². The van der Waals surface area contributed by atoms with Gasteiger partial charge in [0.25, 0.3) is 0 Å². The Balaban J connectivity index is 2.68. The molecule has 0 spiro atoms. The van der Waals surface area contributed by atoms with Gasteiger partial charge in [-0.15, -0.1) is 0 Å². The van der Waals surface area contributed by atoms with Crippen LogP contribution in [0.3, 0.4) is 0 Å². The molecular formula is C13H23NO4. The topological polar surface area (TPSA) is 55.8 Å². The number of hydrogen-bond acceptors (Lipinski definition) is 4. The van der Waals surface area contributed by atoms with Crippen LogP contribution in [0.1, 0.15) is 33.6 Å². The number of carbonyl (C=O) groups is 2. The molecule has 0 aromatic carbocycles. The molecule has 0 saturated carbocycles. The minimum Gasteiger partial charge on any atom is -0.444 e. The third kappa shape index (κ3) is 3.98. The Hall–Kier alpha value is -1.10. The van der Waals surface area contributed by atoms with Crippen molar-refractivity contribution in [1.29, 1.82) is 0 Å². The van der Waals surface area contributed by atoms with Gasteiger partial charge in [0.2, 0.25) is 0 Å². The average molecular weight is 257 g/mol. The highest BCUT2D eigenvalue weighted by atomic mass is 16.6. The molecule has 1 rings (SSSR count). The number of rotatable bonds is 3. The number of hydrogen-bond donors (Lipinski definition) is 0. The van der Waals surface area contributed by atoms with Gasteiger partial charge in [-0.1, -0.05) is 0 Å². The monoisotopic (exact) mass is 257 g/mol. The smallest absolute Gasteiger partial charge is 0.410 e. The number of nitrogens with zero attached hydrogens (tertiary/aromatic N) is 1. The van der Waals surface area contributed by atoms with Gasteiger partial charge < -0.3 is 19.2 Å². The van der Waals surface area contributed by atoms with Crippen molar-refractivity contribution in [2.45, 2.75) is 39.2 Å². The Morgan fingerprint density at radius 3 is 2.61 bits per heavy atom. The number of likely N-dealkylation sites (tertiary alicyclic amines) is 1. The predicted molar refractivity (Wildman–Crippen MR) is 67.4 cm³/mol. The zero-order chi connectivity index (χ0) is 13.8. The molecule has 1 unspecified atom stereocenters. The third-order valence-electron chi connectivity index (χ3n) is 2.94. The first-order valence-corrected chi connectivity index (χ1v) is 6.25. The van der Waals surface area contributed by atoms with E-state index in [0.717, 1.165) is 19.1 Å². The molecule has 0 aliphatic carbocycles. The van der Waals surface area contributed by atoms with Gasteiger partial charge in [0.1, 0.15) is 11.9 Å². The number of amides is 1. The van der Waals surface area contributed by atoms with Crippen molar-refractivity contribution >= 4 is 12.4 Å². The SMILES string of the molecule is COCC1(C=O)CCCN(C(=O)OC(C)(C)C)C1. The number of methoxy groups -OCH3 is 1. The Bertz CT molecular complexity index is 307. The zero-order valence-corrected chi connectivity index (χ0v) is 11.7. The van der Waals surface area contributed by atoms with Crippen LogP contribution in [0.15, 0.2) is 0 Å². The summed E-state index contributed by atoms with van der Waals surface area (Å²) in [4.78, 5) is 24.8. The highest BCUT2D eigenvalue weighted by Gasteiger charge is 2.38. The molecular weight excluding hydrogens is 234 g/mol. The van der Waals surface area contributed by atoms with Crippen molar-refractivity contribution in [1.82, 2.24) is 4.90 Å². The van der Waals surface area contributed by atoms with Crippen molar-refractivity contribution in [3.05, 3.63) is 0 Å². The van der Waals surface area contributed by atoms with E-state index in [9.17, 15) is 9.59 Å². The molecule has 1 saturated heterocycles. The number of aldehydes is 1. The van der Waals surface area contributed by atoms with E-state index in [4.69, 9.17) is 9.47 Å². The van der Waals surface area contributed by atoms with Crippen LogP contribution in [0.2, 0.25) is 0 Å². The van der Waals surface area contributed by atoms with Gasteiger partial charge in [0.15, 0.2) is 0 Å². The fourth-order valence-electron chi connectivity index (χ4n) is 2.18. The molecule has 1 aliphatic rings. The van der Waals surface area contributed by atoms with Gasteiger partial charge in [-0.3, -0.25) is 0 Å². The number of ether oxygens (including phenoxy) is 2. The lowest BCUT2D eigenvalue weighted by Gasteiger charge is -2.39. The van der Waals surface area contributed by atoms with E-state index in [-0.39, 0.29) is 6.09 Å². The molecule has 0 N–H and O–H groups in total. The number of piperidine rings is 1. The molecule has 1 atom stereocenters. The van der Waals surface area contributed by atoms with Crippen LogP contribution < -0.4 is 0 Å². The molecule has 0 bridgehead atoms. The van der Waals surface area contributed by atoms with Crippen LogP contribution in [-0.4, -0.2) is 49.7 Å². The molecule has 1 heterocycles. The standard InChI is InChI=1S/C13H23NO4/c1-12(2,3)18-11(16)14-7-5-6-13(8-14,9-15)10-17-4/h9H,5-8,10H2,1-4H3. The van der Waals surface area contributed by atoms with Crippen LogP contribution >= 0.6 is 0 Å². The molecule has 5 nitrogen and oxygen atoms in total. The Morgan fingerprint density at radius 1 is 1.44 bits per heavy atom. The minimum absolute atomic E-state index is 0.343. The summed E-state index contributed by atoms with van der Waals surface area (Å²) in [5.41, 5.74) is -1.09. The fourth-order valence-corrected chi connectivity index (χ4v) is 2.18. The summed E-state index contributed by atoms with van der Waals surface area (Å²) in [6.07, 6.45) is 2.10. The predicted octanol–water partition coefficient (Wildman–Crippen LogP) is 1.85. The molecule has 104 valence electrons. The second-order valence-corrected chi connectivity index (χ2v) is 5.92. The van der Waals surface area contributed by atoms with Crippen LogP contribution in [0.5, 0.6) is 0 Å². The second-order valence-electron chi connectivity index (χ2n) is 5.92. The first-order chi connectivity index (χ1) is 8.32. The lowest BCUT2D eigenvalue weighted by molar-refractivity contribution is -0.122. The van der Waals surface area contributed by atoms with Crippen molar-refractivity contribution < 1.29 is 19.1 Å². The summed E-state index contributed by atoms with van der Waals surface area (Å²) in [6, 6.07) is 0. The van der Waals surface area contributed by atoms with E-state index in [1.807, 2.05) is 20.8 Å². The fraction of sp³-hybridized carbons (Fsp3) is 0.846. The summed E-state index contributed by atoms with van der Waals surface area (Å²) in [6.45, 7) is 6.84. The minimum atomic E-state index is -0.579. The lowest BCUT2D eigenvalue weighted by Crippen LogP contribution is -2.50. The average Bonchev–Trinajstić information content (AvgIpc) is 2.27. The molecule has 0 aromatic rings. The largest absolute Gasteiger partial charge is 0.444 e. The van der Waals surface area contributed by atoms with E-state index in [1.54, 1.807) is 12.0 Å². The van der Waals surface area contributed by atoms with Crippen LogP contribution in [0, 0.1) is 5.41 Å². The van der Waals surface area contributed by atoms with Gasteiger partial charge in [0, 0.05) is 20.2 Å². The quantitative estimate of drug-likeness (QED) is 0.724. The summed E-state index contributed by atoms with van der Waals surface area (Å²) < 4.78 is 10.4.